The minimum atomic E-state index is -1.07. The average Bonchev–Trinajstić information content (AvgIpc) is 3.09. The predicted molar refractivity (Wildman–Crippen MR) is 85.6 cm³/mol. The molecule has 4 atom stereocenters. The van der Waals surface area contributed by atoms with Crippen LogP contribution in [0.2, 0.25) is 0 Å². The van der Waals surface area contributed by atoms with Crippen molar-refractivity contribution < 1.29 is 20.4 Å². The van der Waals surface area contributed by atoms with E-state index in [1.165, 1.54) is 12.7 Å². The second kappa shape index (κ2) is 6.79. The lowest BCUT2D eigenvalue weighted by Gasteiger charge is -2.16. The van der Waals surface area contributed by atoms with Gasteiger partial charge in [0.2, 0.25) is 0 Å². The first-order valence-electron chi connectivity index (χ1n) is 7.19. The minimum absolute atomic E-state index is 0.256. The summed E-state index contributed by atoms with van der Waals surface area (Å²) in [6.07, 6.45) is 1.88. The Morgan fingerprint density at radius 2 is 2.17 bits per heavy atom. The molecule has 2 aromatic heterocycles. The van der Waals surface area contributed by atoms with Gasteiger partial charge in [0.15, 0.2) is 17.7 Å². The Morgan fingerprint density at radius 3 is 2.96 bits per heavy atom. The number of thioether (sulfide) groups is 1. The van der Waals surface area contributed by atoms with Crippen LogP contribution >= 0.6 is 11.8 Å². The molecular formula is C13H19N6O3S+. The van der Waals surface area contributed by atoms with E-state index in [9.17, 15) is 10.2 Å². The highest BCUT2D eigenvalue weighted by Gasteiger charge is 2.44. The topological polar surface area (TPSA) is 145 Å². The van der Waals surface area contributed by atoms with Gasteiger partial charge < -0.3 is 20.7 Å². The standard InChI is InChI=1S/C13H18N6O3S/c14-2-1-3-23-4-7-9(20)10(21)13(22-7)19-6-18-8-11(15)16-5-17-12(8)19/h2,5-7,9-10,13-14,20-21H,1,3-4H2,(H2,15,16,17)/p+1/t7-,9-,10-,13-/m1/s1. The van der Waals surface area contributed by atoms with Crippen LogP contribution in [0, 0.1) is 0 Å². The highest BCUT2D eigenvalue weighted by molar-refractivity contribution is 7.99. The van der Waals surface area contributed by atoms with Gasteiger partial charge in [0.05, 0.1) is 12.4 Å². The largest absolute Gasteiger partial charge is 0.387 e. The molecule has 0 aromatic carbocycles. The molecule has 1 aliphatic heterocycles. The van der Waals surface area contributed by atoms with Crippen molar-refractivity contribution in [1.29, 1.82) is 0 Å². The Morgan fingerprint density at radius 1 is 1.35 bits per heavy atom. The second-order valence-corrected chi connectivity index (χ2v) is 6.38. The number of aliphatic hydroxyl groups is 2. The quantitative estimate of drug-likeness (QED) is 0.349. The van der Waals surface area contributed by atoms with Crippen molar-refractivity contribution in [1.82, 2.24) is 19.5 Å². The minimum Gasteiger partial charge on any atom is -0.387 e. The third-order valence-electron chi connectivity index (χ3n) is 3.71. The van der Waals surface area contributed by atoms with E-state index in [0.717, 1.165) is 12.2 Å². The number of aromatic nitrogens is 4. The van der Waals surface area contributed by atoms with Gasteiger partial charge in [-0.2, -0.15) is 11.8 Å². The molecule has 23 heavy (non-hydrogen) atoms. The summed E-state index contributed by atoms with van der Waals surface area (Å²) < 4.78 is 7.39. The number of nitrogen functional groups attached to an aromatic ring is 1. The number of nitrogens with zero attached hydrogens (tertiary/aromatic N) is 4. The third kappa shape index (κ3) is 3.02. The molecule has 0 saturated carbocycles. The van der Waals surface area contributed by atoms with Gasteiger partial charge in [0.1, 0.15) is 30.3 Å². The summed E-state index contributed by atoms with van der Waals surface area (Å²) in [5, 5.41) is 25.8. The molecule has 124 valence electrons. The van der Waals surface area contributed by atoms with Gasteiger partial charge >= 0.3 is 0 Å². The van der Waals surface area contributed by atoms with Crippen molar-refractivity contribution in [3.05, 3.63) is 12.7 Å². The normalized spacial score (nSPS) is 27.6. The van der Waals surface area contributed by atoms with Crippen LogP contribution in [0.15, 0.2) is 12.7 Å². The number of ether oxygens (including phenoxy) is 1. The summed E-state index contributed by atoms with van der Waals surface area (Å²) in [5.74, 6) is 1.65. The van der Waals surface area contributed by atoms with Crippen LogP contribution in [0.5, 0.6) is 0 Å². The van der Waals surface area contributed by atoms with Crippen molar-refractivity contribution in [3.63, 3.8) is 0 Å². The second-order valence-electron chi connectivity index (χ2n) is 5.23. The monoisotopic (exact) mass is 339 g/mol. The first kappa shape index (κ1) is 16.1. The molecule has 1 saturated heterocycles. The molecule has 2 aromatic rings. The smallest absolute Gasteiger partial charge is 0.167 e. The Bertz CT molecular complexity index is 695. The lowest BCUT2D eigenvalue weighted by atomic mass is 10.1. The Balaban J connectivity index is 1.77. The predicted octanol–water partition coefficient (Wildman–Crippen LogP) is -2.02. The zero-order valence-corrected chi connectivity index (χ0v) is 13.1. The molecule has 10 heteroatoms. The maximum absolute atomic E-state index is 10.3. The summed E-state index contributed by atoms with van der Waals surface area (Å²) in [6, 6.07) is 0. The van der Waals surface area contributed by atoms with Crippen LogP contribution in [-0.2, 0) is 4.74 Å². The number of aliphatic hydroxyl groups excluding tert-OH is 2. The lowest BCUT2D eigenvalue weighted by Crippen LogP contribution is -2.32. The molecule has 1 aliphatic rings. The highest BCUT2D eigenvalue weighted by Crippen LogP contribution is 2.33. The maximum atomic E-state index is 10.3. The number of rotatable bonds is 6. The molecule has 0 spiro atoms. The SMILES string of the molecule is Nc1ncnc2c1ncn2[C@@H]1O[C@H](CSCCC=[NH2+])[C@@H](O)[C@H]1O. The third-order valence-corrected chi connectivity index (χ3v) is 4.80. The van der Waals surface area contributed by atoms with Crippen LogP contribution in [-0.4, -0.2) is 65.8 Å². The lowest BCUT2D eigenvalue weighted by molar-refractivity contribution is -0.107. The van der Waals surface area contributed by atoms with Crippen LogP contribution in [0.3, 0.4) is 0 Å². The van der Waals surface area contributed by atoms with E-state index in [2.05, 4.69) is 15.0 Å². The number of anilines is 1. The van der Waals surface area contributed by atoms with Gasteiger partial charge in [0.25, 0.3) is 0 Å². The van der Waals surface area contributed by atoms with Crippen molar-refractivity contribution in [2.24, 2.45) is 0 Å². The number of hydrogen-bond donors (Lipinski definition) is 4. The van der Waals surface area contributed by atoms with Crippen molar-refractivity contribution in [2.45, 2.75) is 31.0 Å². The molecule has 6 N–H and O–H groups in total. The van der Waals surface area contributed by atoms with E-state index >= 15 is 0 Å². The van der Waals surface area contributed by atoms with Crippen LogP contribution < -0.4 is 11.1 Å². The van der Waals surface area contributed by atoms with Gasteiger partial charge in [0, 0.05) is 17.9 Å². The van der Waals surface area contributed by atoms with Gasteiger partial charge in [-0.1, -0.05) is 0 Å². The van der Waals surface area contributed by atoms with Crippen molar-refractivity contribution >= 4 is 35.0 Å². The fraction of sp³-hybridized carbons (Fsp3) is 0.538. The molecule has 3 rings (SSSR count). The van der Waals surface area contributed by atoms with Gasteiger partial charge in [-0.3, -0.25) is 9.98 Å². The van der Waals surface area contributed by atoms with Gasteiger partial charge in [-0.25, -0.2) is 15.0 Å². The molecular weight excluding hydrogens is 320 g/mol. The van der Waals surface area contributed by atoms with E-state index in [1.807, 2.05) is 0 Å². The molecule has 0 unspecified atom stereocenters. The molecule has 0 aliphatic carbocycles. The summed E-state index contributed by atoms with van der Waals surface area (Å²) in [5.41, 5.74) is 6.65. The van der Waals surface area contributed by atoms with E-state index in [-0.39, 0.29) is 5.82 Å². The summed E-state index contributed by atoms with van der Waals surface area (Å²) in [4.78, 5) is 12.2. The molecule has 1 fully saturated rings. The van der Waals surface area contributed by atoms with Crippen LogP contribution in [0.1, 0.15) is 12.6 Å². The van der Waals surface area contributed by atoms with E-state index in [1.54, 1.807) is 22.5 Å². The van der Waals surface area contributed by atoms with E-state index in [4.69, 9.17) is 15.9 Å². The average molecular weight is 339 g/mol. The van der Waals surface area contributed by atoms with Gasteiger partial charge in [-0.05, 0) is 0 Å². The van der Waals surface area contributed by atoms with Gasteiger partial charge in [-0.15, -0.1) is 0 Å². The summed E-state index contributed by atoms with van der Waals surface area (Å²) in [7, 11) is 0. The molecule has 0 bridgehead atoms. The Kier molecular flexibility index (Phi) is 4.76. The first-order valence-corrected chi connectivity index (χ1v) is 8.34. The molecule has 9 nitrogen and oxygen atoms in total. The molecule has 0 amide bonds. The fourth-order valence-electron chi connectivity index (χ4n) is 2.50. The number of nitrogens with two attached hydrogens (primary N) is 2. The maximum Gasteiger partial charge on any atom is 0.167 e. The zero-order valence-electron chi connectivity index (χ0n) is 12.3. The van der Waals surface area contributed by atoms with E-state index < -0.39 is 24.5 Å². The molecule has 3 heterocycles. The summed E-state index contributed by atoms with van der Waals surface area (Å²) >= 11 is 1.61. The Hall–Kier alpha value is -1.75. The fourth-order valence-corrected chi connectivity index (χ4v) is 3.48. The van der Waals surface area contributed by atoms with Crippen molar-refractivity contribution in [3.8, 4) is 0 Å². The summed E-state index contributed by atoms with van der Waals surface area (Å²) in [6.45, 7) is 0. The number of fused-ring (bicyclic) bond motifs is 1. The number of imidazole rings is 1. The van der Waals surface area contributed by atoms with Crippen LogP contribution in [0.4, 0.5) is 5.82 Å². The Labute approximate surface area is 136 Å². The first-order chi connectivity index (χ1) is 11.1. The highest BCUT2D eigenvalue weighted by atomic mass is 32.2. The number of hydrogen-bond acceptors (Lipinski definition) is 8. The van der Waals surface area contributed by atoms with Crippen molar-refractivity contribution in [2.75, 3.05) is 17.2 Å². The molecule has 0 radical (unpaired) electrons. The zero-order chi connectivity index (χ0) is 16.4. The van der Waals surface area contributed by atoms with E-state index in [0.29, 0.717) is 16.9 Å². The van der Waals surface area contributed by atoms with Crippen LogP contribution in [0.25, 0.3) is 11.2 Å².